The van der Waals surface area contributed by atoms with Crippen molar-refractivity contribution in [1.82, 2.24) is 0 Å². The molecular weight excluding hydrogens is 328 g/mol. The van der Waals surface area contributed by atoms with Crippen LogP contribution in [0.5, 0.6) is 0 Å². The second-order valence-corrected chi connectivity index (χ2v) is 6.11. The summed E-state index contributed by atoms with van der Waals surface area (Å²) in [4.78, 5) is 37.7. The van der Waals surface area contributed by atoms with Crippen molar-refractivity contribution in [2.45, 2.75) is 12.3 Å². The molecule has 4 nitrogen and oxygen atoms in total. The van der Waals surface area contributed by atoms with Gasteiger partial charge in [0.15, 0.2) is 11.5 Å². The Morgan fingerprint density at radius 2 is 1.50 bits per heavy atom. The number of hydrogen-bond donors (Lipinski definition) is 0. The predicted octanol–water partition coefficient (Wildman–Crippen LogP) is 3.70. The van der Waals surface area contributed by atoms with Crippen LogP contribution in [0.25, 0.3) is 0 Å². The van der Waals surface area contributed by atoms with E-state index in [1.165, 1.54) is 0 Å². The molecule has 0 saturated heterocycles. The van der Waals surface area contributed by atoms with Crippen molar-refractivity contribution in [3.05, 3.63) is 81.6 Å². The average Bonchev–Trinajstić information content (AvgIpc) is 2.59. The Labute approximate surface area is 142 Å². The molecule has 0 saturated carbocycles. The summed E-state index contributed by atoms with van der Waals surface area (Å²) in [5, 5.41) is 0.447. The molecule has 5 heteroatoms. The minimum atomic E-state index is -0.584. The predicted molar refractivity (Wildman–Crippen MR) is 87.0 cm³/mol. The van der Waals surface area contributed by atoms with Crippen LogP contribution in [-0.2, 0) is 9.53 Å². The number of esters is 1. The standard InChI is InChI=1S/C19H11ClO4/c20-14-8-4-3-5-10(14)13-9-15(21)24-19-16(13)17(22)11-6-1-2-7-12(11)18(19)23/h1-8,13H,9H2/t13-/m0/s1. The molecule has 0 bridgehead atoms. The van der Waals surface area contributed by atoms with Gasteiger partial charge in [0, 0.05) is 22.1 Å². The molecule has 0 spiro atoms. The fraction of sp³-hybridized carbons (Fsp3) is 0.105. The molecule has 118 valence electrons. The highest BCUT2D eigenvalue weighted by Gasteiger charge is 2.43. The van der Waals surface area contributed by atoms with E-state index in [4.69, 9.17) is 16.3 Å². The van der Waals surface area contributed by atoms with Crippen LogP contribution >= 0.6 is 11.6 Å². The minimum Gasteiger partial charge on any atom is -0.422 e. The fourth-order valence-electron chi connectivity index (χ4n) is 3.24. The van der Waals surface area contributed by atoms with Crippen LogP contribution in [0, 0.1) is 0 Å². The highest BCUT2D eigenvalue weighted by atomic mass is 35.5. The zero-order valence-corrected chi connectivity index (χ0v) is 13.2. The maximum absolute atomic E-state index is 13.0. The van der Waals surface area contributed by atoms with Gasteiger partial charge in [0.2, 0.25) is 5.78 Å². The van der Waals surface area contributed by atoms with Gasteiger partial charge >= 0.3 is 5.97 Å². The molecule has 0 amide bonds. The number of Topliss-reactive ketones (excluding diaryl/α,β-unsaturated/α-hetero) is 2. The number of fused-ring (bicyclic) bond motifs is 1. The molecule has 1 heterocycles. The zero-order chi connectivity index (χ0) is 16.8. The fourth-order valence-corrected chi connectivity index (χ4v) is 3.50. The summed E-state index contributed by atoms with van der Waals surface area (Å²) in [5.74, 6) is -2.03. The van der Waals surface area contributed by atoms with E-state index in [1.54, 1.807) is 48.5 Å². The van der Waals surface area contributed by atoms with E-state index in [0.29, 0.717) is 16.1 Å². The van der Waals surface area contributed by atoms with E-state index >= 15 is 0 Å². The van der Waals surface area contributed by atoms with E-state index in [9.17, 15) is 14.4 Å². The van der Waals surface area contributed by atoms with Crippen LogP contribution in [-0.4, -0.2) is 17.5 Å². The highest BCUT2D eigenvalue weighted by molar-refractivity contribution is 6.32. The van der Waals surface area contributed by atoms with Gasteiger partial charge < -0.3 is 4.74 Å². The van der Waals surface area contributed by atoms with Crippen LogP contribution in [0.3, 0.4) is 0 Å². The van der Waals surface area contributed by atoms with Crippen LogP contribution in [0.4, 0.5) is 0 Å². The van der Waals surface area contributed by atoms with E-state index in [0.717, 1.165) is 0 Å². The molecule has 0 aromatic heterocycles. The van der Waals surface area contributed by atoms with Gasteiger partial charge in [-0.1, -0.05) is 54.1 Å². The summed E-state index contributed by atoms with van der Waals surface area (Å²) < 4.78 is 5.15. The molecule has 0 N–H and O–H groups in total. The number of carbonyl (C=O) groups excluding carboxylic acids is 3. The first-order valence-electron chi connectivity index (χ1n) is 7.45. The number of benzene rings is 2. The van der Waals surface area contributed by atoms with Gasteiger partial charge in [0.05, 0.1) is 12.0 Å². The topological polar surface area (TPSA) is 60.4 Å². The largest absolute Gasteiger partial charge is 0.422 e. The summed E-state index contributed by atoms with van der Waals surface area (Å²) in [6.45, 7) is 0. The van der Waals surface area contributed by atoms with Crippen LogP contribution in [0.1, 0.15) is 38.6 Å². The molecule has 2 aliphatic rings. The number of hydrogen-bond acceptors (Lipinski definition) is 4. The number of carbonyl (C=O) groups is 3. The Morgan fingerprint density at radius 3 is 2.21 bits per heavy atom. The van der Waals surface area contributed by atoms with Crippen molar-refractivity contribution in [2.24, 2.45) is 0 Å². The Hall–Kier alpha value is -2.72. The number of halogens is 1. The van der Waals surface area contributed by atoms with Crippen molar-refractivity contribution in [1.29, 1.82) is 0 Å². The van der Waals surface area contributed by atoms with Gasteiger partial charge in [-0.3, -0.25) is 14.4 Å². The summed E-state index contributed by atoms with van der Waals surface area (Å²) in [5.41, 5.74) is 1.44. The third-order valence-corrected chi connectivity index (χ3v) is 4.67. The number of rotatable bonds is 1. The molecule has 24 heavy (non-hydrogen) atoms. The van der Waals surface area contributed by atoms with E-state index in [-0.39, 0.29) is 29.1 Å². The summed E-state index contributed by atoms with van der Waals surface area (Å²) in [7, 11) is 0. The molecule has 1 aliphatic carbocycles. The first-order chi connectivity index (χ1) is 11.6. The third kappa shape index (κ3) is 2.11. The van der Waals surface area contributed by atoms with Crippen molar-refractivity contribution < 1.29 is 19.1 Å². The average molecular weight is 339 g/mol. The van der Waals surface area contributed by atoms with Gasteiger partial charge in [0.25, 0.3) is 0 Å². The lowest BCUT2D eigenvalue weighted by Gasteiger charge is -2.30. The second kappa shape index (κ2) is 5.42. The molecule has 1 atom stereocenters. The molecule has 2 aromatic carbocycles. The van der Waals surface area contributed by atoms with Gasteiger partial charge in [-0.05, 0) is 11.6 Å². The Kier molecular flexibility index (Phi) is 3.36. The lowest BCUT2D eigenvalue weighted by molar-refractivity contribution is -0.140. The van der Waals surface area contributed by atoms with Crippen LogP contribution < -0.4 is 0 Å². The summed E-state index contributed by atoms with van der Waals surface area (Å²) in [6.07, 6.45) is -0.0241. The molecule has 0 radical (unpaired) electrons. The highest BCUT2D eigenvalue weighted by Crippen LogP contribution is 2.42. The first kappa shape index (κ1) is 14.8. The van der Waals surface area contributed by atoms with Crippen LogP contribution in [0.2, 0.25) is 5.02 Å². The molecule has 2 aromatic rings. The SMILES string of the molecule is O=C1C[C@@H](c2ccccc2Cl)C2=C(O1)C(=O)c1ccccc1C2=O. The number of ether oxygens (including phenoxy) is 1. The molecule has 4 rings (SSSR count). The van der Waals surface area contributed by atoms with E-state index in [2.05, 4.69) is 0 Å². The lowest BCUT2D eigenvalue weighted by atomic mass is 9.77. The zero-order valence-electron chi connectivity index (χ0n) is 12.4. The smallest absolute Gasteiger partial charge is 0.312 e. The monoisotopic (exact) mass is 338 g/mol. The molecule has 1 aliphatic heterocycles. The van der Waals surface area contributed by atoms with Gasteiger partial charge in [0.1, 0.15) is 0 Å². The molecule has 0 unspecified atom stereocenters. The quantitative estimate of drug-likeness (QED) is 0.744. The maximum Gasteiger partial charge on any atom is 0.312 e. The third-order valence-electron chi connectivity index (χ3n) is 4.33. The Bertz CT molecular complexity index is 942. The van der Waals surface area contributed by atoms with Crippen molar-refractivity contribution in [3.63, 3.8) is 0 Å². The summed E-state index contributed by atoms with van der Waals surface area (Å²) >= 11 is 6.25. The molecule has 0 fully saturated rings. The van der Waals surface area contributed by atoms with E-state index in [1.807, 2.05) is 0 Å². The number of allylic oxidation sites excluding steroid dienone is 2. The summed E-state index contributed by atoms with van der Waals surface area (Å²) in [6, 6.07) is 13.6. The normalized spacial score (nSPS) is 19.7. The maximum atomic E-state index is 13.0. The van der Waals surface area contributed by atoms with Crippen LogP contribution in [0.15, 0.2) is 59.9 Å². The lowest BCUT2D eigenvalue weighted by Crippen LogP contribution is -2.32. The van der Waals surface area contributed by atoms with Crippen molar-refractivity contribution in [3.8, 4) is 0 Å². The van der Waals surface area contributed by atoms with Crippen molar-refractivity contribution in [2.75, 3.05) is 0 Å². The Balaban J connectivity index is 1.94. The minimum absolute atomic E-state index is 0.0241. The van der Waals surface area contributed by atoms with E-state index < -0.39 is 17.7 Å². The van der Waals surface area contributed by atoms with Gasteiger partial charge in [-0.2, -0.15) is 0 Å². The van der Waals surface area contributed by atoms with Gasteiger partial charge in [-0.15, -0.1) is 0 Å². The first-order valence-corrected chi connectivity index (χ1v) is 7.83. The van der Waals surface area contributed by atoms with Gasteiger partial charge in [-0.25, -0.2) is 0 Å². The Morgan fingerprint density at radius 1 is 0.875 bits per heavy atom. The molecular formula is C19H11ClO4. The number of ketones is 2. The second-order valence-electron chi connectivity index (χ2n) is 5.70. The van der Waals surface area contributed by atoms with Crippen molar-refractivity contribution >= 4 is 29.1 Å².